The highest BCUT2D eigenvalue weighted by atomic mass is 79.9. The van der Waals surface area contributed by atoms with Crippen LogP contribution in [0, 0.1) is 0 Å². The number of ether oxygens (including phenoxy) is 1. The van der Waals surface area contributed by atoms with Crippen molar-refractivity contribution in [3.8, 4) is 5.75 Å². The van der Waals surface area contributed by atoms with Crippen molar-refractivity contribution in [3.05, 3.63) is 28.7 Å². The van der Waals surface area contributed by atoms with Crippen molar-refractivity contribution >= 4 is 27.7 Å². The monoisotopic (exact) mass is 260 g/mol. The molecule has 0 N–H and O–H groups in total. The molecule has 0 heterocycles. The molecule has 0 bridgehead atoms. The van der Waals surface area contributed by atoms with Gasteiger partial charge in [-0.3, -0.25) is 0 Å². The van der Waals surface area contributed by atoms with Crippen LogP contribution in [0.3, 0.4) is 0 Å². The van der Waals surface area contributed by atoms with E-state index in [4.69, 9.17) is 4.74 Å². The molecule has 0 unspecified atom stereocenters. The summed E-state index contributed by atoms with van der Waals surface area (Å²) in [5, 5.41) is 0. The molecule has 0 aliphatic heterocycles. The molecule has 0 aliphatic rings. The number of thioether (sulfide) groups is 1. The number of halogens is 1. The Morgan fingerprint density at radius 3 is 2.62 bits per heavy atom. The summed E-state index contributed by atoms with van der Waals surface area (Å²) in [6.45, 7) is 2.95. The van der Waals surface area contributed by atoms with E-state index in [-0.39, 0.29) is 0 Å². The maximum Gasteiger partial charge on any atom is 0.119 e. The average molecular weight is 261 g/mol. The minimum Gasteiger partial charge on any atom is -0.493 e. The number of rotatable bonds is 5. The highest BCUT2D eigenvalue weighted by Gasteiger charge is 1.92. The molecular weight excluding hydrogens is 248 g/mol. The highest BCUT2D eigenvalue weighted by Crippen LogP contribution is 2.16. The van der Waals surface area contributed by atoms with E-state index in [2.05, 4.69) is 22.9 Å². The van der Waals surface area contributed by atoms with Gasteiger partial charge in [0.2, 0.25) is 0 Å². The minimum atomic E-state index is 0.792. The fourth-order valence-electron chi connectivity index (χ4n) is 0.894. The lowest BCUT2D eigenvalue weighted by atomic mass is 10.3. The molecule has 0 saturated carbocycles. The Kier molecular flexibility index (Phi) is 5.32. The van der Waals surface area contributed by atoms with Crippen molar-refractivity contribution < 1.29 is 4.74 Å². The predicted octanol–water partition coefficient (Wildman–Crippen LogP) is 3.58. The van der Waals surface area contributed by atoms with Crippen molar-refractivity contribution in [2.24, 2.45) is 0 Å². The molecule has 1 nitrogen and oxygen atoms in total. The summed E-state index contributed by atoms with van der Waals surface area (Å²) in [5.74, 6) is 3.16. The quantitative estimate of drug-likeness (QED) is 0.749. The van der Waals surface area contributed by atoms with Crippen molar-refractivity contribution in [2.45, 2.75) is 6.92 Å². The van der Waals surface area contributed by atoms with Crippen LogP contribution in [-0.4, -0.2) is 18.1 Å². The van der Waals surface area contributed by atoms with Crippen LogP contribution in [0.25, 0.3) is 0 Å². The zero-order chi connectivity index (χ0) is 9.52. The Hall–Kier alpha value is -0.150. The standard InChI is InChI=1S/C10H13BrOS/c1-2-13-8-7-12-10-5-3-9(11)4-6-10/h3-6H,2,7-8H2,1H3. The van der Waals surface area contributed by atoms with E-state index in [1.807, 2.05) is 36.0 Å². The van der Waals surface area contributed by atoms with E-state index in [0.717, 1.165) is 28.3 Å². The summed E-state index contributed by atoms with van der Waals surface area (Å²) < 4.78 is 6.61. The average Bonchev–Trinajstić information content (AvgIpc) is 2.15. The predicted molar refractivity (Wildman–Crippen MR) is 62.6 cm³/mol. The van der Waals surface area contributed by atoms with Crippen molar-refractivity contribution in [1.82, 2.24) is 0 Å². The Morgan fingerprint density at radius 1 is 1.31 bits per heavy atom. The fourth-order valence-corrected chi connectivity index (χ4v) is 1.65. The zero-order valence-corrected chi connectivity index (χ0v) is 10.0. The van der Waals surface area contributed by atoms with Gasteiger partial charge in [0.1, 0.15) is 5.75 Å². The third kappa shape index (κ3) is 4.58. The second-order valence-corrected chi connectivity index (χ2v) is 4.81. The molecular formula is C10H13BrOS. The molecule has 0 spiro atoms. The van der Waals surface area contributed by atoms with Gasteiger partial charge in [-0.15, -0.1) is 0 Å². The van der Waals surface area contributed by atoms with E-state index in [9.17, 15) is 0 Å². The molecule has 72 valence electrons. The summed E-state index contributed by atoms with van der Waals surface area (Å²) in [4.78, 5) is 0. The molecule has 0 aliphatic carbocycles. The first-order chi connectivity index (χ1) is 6.33. The fraction of sp³-hybridized carbons (Fsp3) is 0.400. The summed E-state index contributed by atoms with van der Waals surface area (Å²) in [6.07, 6.45) is 0. The lowest BCUT2D eigenvalue weighted by Gasteiger charge is -2.04. The van der Waals surface area contributed by atoms with Crippen LogP contribution in [0.2, 0.25) is 0 Å². The summed E-state index contributed by atoms with van der Waals surface area (Å²) in [6, 6.07) is 7.92. The van der Waals surface area contributed by atoms with E-state index in [1.165, 1.54) is 0 Å². The van der Waals surface area contributed by atoms with Crippen LogP contribution in [-0.2, 0) is 0 Å². The lowest BCUT2D eigenvalue weighted by molar-refractivity contribution is 0.344. The molecule has 0 aromatic heterocycles. The van der Waals surface area contributed by atoms with E-state index < -0.39 is 0 Å². The zero-order valence-electron chi connectivity index (χ0n) is 7.63. The maximum atomic E-state index is 5.52. The Labute approximate surface area is 92.0 Å². The largest absolute Gasteiger partial charge is 0.493 e. The third-order valence-electron chi connectivity index (χ3n) is 1.51. The van der Waals surface area contributed by atoms with Crippen molar-refractivity contribution in [2.75, 3.05) is 18.1 Å². The summed E-state index contributed by atoms with van der Waals surface area (Å²) in [5.41, 5.74) is 0. The minimum absolute atomic E-state index is 0.792. The van der Waals surface area contributed by atoms with Crippen LogP contribution >= 0.6 is 27.7 Å². The molecule has 0 saturated heterocycles. The van der Waals surface area contributed by atoms with Gasteiger partial charge in [-0.05, 0) is 30.0 Å². The van der Waals surface area contributed by atoms with Gasteiger partial charge in [0.05, 0.1) is 6.61 Å². The van der Waals surface area contributed by atoms with Gasteiger partial charge in [0.15, 0.2) is 0 Å². The normalized spacial score (nSPS) is 10.0. The van der Waals surface area contributed by atoms with Gasteiger partial charge < -0.3 is 4.74 Å². The summed E-state index contributed by atoms with van der Waals surface area (Å²) in [7, 11) is 0. The van der Waals surface area contributed by atoms with Crippen LogP contribution in [0.1, 0.15) is 6.92 Å². The van der Waals surface area contributed by atoms with E-state index >= 15 is 0 Å². The van der Waals surface area contributed by atoms with Crippen LogP contribution in [0.4, 0.5) is 0 Å². The van der Waals surface area contributed by atoms with Gasteiger partial charge in [0.25, 0.3) is 0 Å². The molecule has 3 heteroatoms. The summed E-state index contributed by atoms with van der Waals surface area (Å²) >= 11 is 5.28. The Morgan fingerprint density at radius 2 is 2.00 bits per heavy atom. The van der Waals surface area contributed by atoms with Crippen LogP contribution in [0.15, 0.2) is 28.7 Å². The van der Waals surface area contributed by atoms with Gasteiger partial charge in [0, 0.05) is 10.2 Å². The van der Waals surface area contributed by atoms with Crippen LogP contribution < -0.4 is 4.74 Å². The first kappa shape index (κ1) is 10.9. The molecule has 1 rings (SSSR count). The topological polar surface area (TPSA) is 9.23 Å². The molecule has 0 atom stereocenters. The van der Waals surface area contributed by atoms with E-state index in [1.54, 1.807) is 0 Å². The first-order valence-electron chi connectivity index (χ1n) is 4.29. The number of hydrogen-bond donors (Lipinski definition) is 0. The van der Waals surface area contributed by atoms with Crippen LogP contribution in [0.5, 0.6) is 5.75 Å². The SMILES string of the molecule is CCSCCOc1ccc(Br)cc1. The second kappa shape index (κ2) is 6.33. The third-order valence-corrected chi connectivity index (χ3v) is 2.91. The van der Waals surface area contributed by atoms with Gasteiger partial charge in [-0.2, -0.15) is 11.8 Å². The Bertz CT molecular complexity index is 235. The van der Waals surface area contributed by atoms with Gasteiger partial charge in [-0.25, -0.2) is 0 Å². The second-order valence-electron chi connectivity index (χ2n) is 2.50. The molecule has 1 aromatic rings. The Balaban J connectivity index is 2.25. The van der Waals surface area contributed by atoms with Gasteiger partial charge >= 0.3 is 0 Å². The maximum absolute atomic E-state index is 5.52. The molecule has 13 heavy (non-hydrogen) atoms. The lowest BCUT2D eigenvalue weighted by Crippen LogP contribution is -1.99. The van der Waals surface area contributed by atoms with Gasteiger partial charge in [-0.1, -0.05) is 22.9 Å². The molecule has 0 radical (unpaired) electrons. The first-order valence-corrected chi connectivity index (χ1v) is 6.24. The highest BCUT2D eigenvalue weighted by molar-refractivity contribution is 9.10. The molecule has 0 amide bonds. The molecule has 0 fully saturated rings. The smallest absolute Gasteiger partial charge is 0.119 e. The molecule has 1 aromatic carbocycles. The van der Waals surface area contributed by atoms with E-state index in [0.29, 0.717) is 0 Å². The number of benzene rings is 1. The van der Waals surface area contributed by atoms with Crippen molar-refractivity contribution in [3.63, 3.8) is 0 Å². The van der Waals surface area contributed by atoms with Crippen molar-refractivity contribution in [1.29, 1.82) is 0 Å². The number of hydrogen-bond acceptors (Lipinski definition) is 2.